The van der Waals surface area contributed by atoms with Crippen molar-refractivity contribution in [3.05, 3.63) is 47.0 Å². The Morgan fingerprint density at radius 1 is 1.19 bits per heavy atom. The number of piperidine rings is 1. The summed E-state index contributed by atoms with van der Waals surface area (Å²) >= 11 is 1.45. The quantitative estimate of drug-likeness (QED) is 0.449. The van der Waals surface area contributed by atoms with E-state index < -0.39 is 0 Å². The van der Waals surface area contributed by atoms with Gasteiger partial charge in [-0.25, -0.2) is 9.37 Å². The van der Waals surface area contributed by atoms with E-state index in [1.165, 1.54) is 30.4 Å². The number of nitrogens with zero attached hydrogens (tertiary/aromatic N) is 3. The van der Waals surface area contributed by atoms with Crippen molar-refractivity contribution >= 4 is 29.1 Å². The van der Waals surface area contributed by atoms with Gasteiger partial charge in [0.25, 0.3) is 5.91 Å². The lowest BCUT2D eigenvalue weighted by Crippen LogP contribution is -2.43. The maximum Gasteiger partial charge on any atom is 0.271 e. The molecule has 11 heteroatoms. The van der Waals surface area contributed by atoms with E-state index >= 15 is 0 Å². The van der Waals surface area contributed by atoms with Crippen LogP contribution in [0.4, 0.5) is 4.39 Å². The molecule has 1 aliphatic heterocycles. The minimum absolute atomic E-state index is 0.00638. The van der Waals surface area contributed by atoms with Crippen LogP contribution in [0.1, 0.15) is 55.0 Å². The van der Waals surface area contributed by atoms with E-state index in [2.05, 4.69) is 20.8 Å². The monoisotopic (exact) mass is 512 g/mol. The topological polar surface area (TPSA) is 120 Å². The lowest BCUT2D eigenvalue weighted by molar-refractivity contribution is -0.133. The van der Waals surface area contributed by atoms with E-state index in [0.29, 0.717) is 42.2 Å². The molecule has 2 aromatic heterocycles. The van der Waals surface area contributed by atoms with E-state index in [0.717, 1.165) is 16.1 Å². The number of H-pyrrole nitrogens is 1. The largest absolute Gasteiger partial charge is 0.348 e. The SMILES string of the molecule is CC(=O)NCC(=O)N1CCC(c2nc(C(=O)NC(C)C)c(-c3cn[nH]c3-c3ccc(F)cc3)s2)CC1. The molecule has 0 unspecified atom stereocenters. The number of hydrogen-bond donors (Lipinski definition) is 3. The van der Waals surface area contributed by atoms with Crippen molar-refractivity contribution in [1.29, 1.82) is 0 Å². The number of carbonyl (C=O) groups excluding carboxylic acids is 3. The highest BCUT2D eigenvalue weighted by Gasteiger charge is 2.30. The van der Waals surface area contributed by atoms with Gasteiger partial charge >= 0.3 is 0 Å². The summed E-state index contributed by atoms with van der Waals surface area (Å²) in [6.07, 6.45) is 3.08. The van der Waals surface area contributed by atoms with Gasteiger partial charge in [-0.2, -0.15) is 5.10 Å². The Labute approximate surface area is 212 Å². The third-order valence-electron chi connectivity index (χ3n) is 5.98. The molecule has 9 nitrogen and oxygen atoms in total. The number of thiazole rings is 1. The zero-order valence-electron chi connectivity index (χ0n) is 20.4. The molecule has 0 atom stereocenters. The van der Waals surface area contributed by atoms with Gasteiger partial charge in [0.2, 0.25) is 11.8 Å². The Hall–Kier alpha value is -3.60. The first-order valence-corrected chi connectivity index (χ1v) is 12.7. The highest BCUT2D eigenvalue weighted by Crippen LogP contribution is 2.40. The van der Waals surface area contributed by atoms with Crippen molar-refractivity contribution in [3.63, 3.8) is 0 Å². The fraction of sp³-hybridized carbons (Fsp3) is 0.400. The molecule has 3 N–H and O–H groups in total. The van der Waals surface area contributed by atoms with E-state index in [9.17, 15) is 18.8 Å². The van der Waals surface area contributed by atoms with Crippen molar-refractivity contribution in [2.75, 3.05) is 19.6 Å². The highest BCUT2D eigenvalue weighted by molar-refractivity contribution is 7.15. The second-order valence-electron chi connectivity index (χ2n) is 9.09. The second-order valence-corrected chi connectivity index (χ2v) is 10.1. The summed E-state index contributed by atoms with van der Waals surface area (Å²) in [5.74, 6) is -0.848. The number of hydrogen-bond acceptors (Lipinski definition) is 6. The Bertz CT molecular complexity index is 1240. The van der Waals surface area contributed by atoms with Gasteiger partial charge in [-0.05, 0) is 51.0 Å². The lowest BCUT2D eigenvalue weighted by Gasteiger charge is -2.31. The predicted octanol–water partition coefficient (Wildman–Crippen LogP) is 3.32. The fourth-order valence-electron chi connectivity index (χ4n) is 4.16. The molecule has 1 saturated heterocycles. The van der Waals surface area contributed by atoms with Crippen LogP contribution in [0.5, 0.6) is 0 Å². The maximum absolute atomic E-state index is 13.5. The highest BCUT2D eigenvalue weighted by atomic mass is 32.1. The molecule has 36 heavy (non-hydrogen) atoms. The van der Waals surface area contributed by atoms with Crippen molar-refractivity contribution < 1.29 is 18.8 Å². The van der Waals surface area contributed by atoms with Crippen LogP contribution in [0.3, 0.4) is 0 Å². The van der Waals surface area contributed by atoms with Crippen molar-refractivity contribution in [3.8, 4) is 21.7 Å². The van der Waals surface area contributed by atoms with Gasteiger partial charge in [0, 0.05) is 43.1 Å². The van der Waals surface area contributed by atoms with E-state index in [1.807, 2.05) is 13.8 Å². The van der Waals surface area contributed by atoms with E-state index in [4.69, 9.17) is 4.98 Å². The molecule has 1 aromatic carbocycles. The summed E-state index contributed by atoms with van der Waals surface area (Å²) in [6, 6.07) is 6.03. The van der Waals surface area contributed by atoms with Gasteiger partial charge < -0.3 is 15.5 Å². The molecule has 0 spiro atoms. The molecule has 3 amide bonds. The molecule has 0 bridgehead atoms. The van der Waals surface area contributed by atoms with Crippen LogP contribution in [0.2, 0.25) is 0 Å². The first-order chi connectivity index (χ1) is 17.2. The Morgan fingerprint density at radius 3 is 2.53 bits per heavy atom. The number of carbonyl (C=O) groups is 3. The minimum Gasteiger partial charge on any atom is -0.348 e. The fourth-order valence-corrected chi connectivity index (χ4v) is 5.41. The standard InChI is InChI=1S/C25H29FN6O3S/c1-14(2)29-24(35)22-23(19-12-28-31-21(19)16-4-6-18(26)7-5-16)36-25(30-22)17-8-10-32(11-9-17)20(34)13-27-15(3)33/h4-7,12,14,17H,8-11,13H2,1-3H3,(H,27,33)(H,28,31)(H,29,35). The van der Waals surface area contributed by atoms with E-state index in [1.54, 1.807) is 23.2 Å². The first kappa shape index (κ1) is 25.5. The van der Waals surface area contributed by atoms with Crippen LogP contribution in [0, 0.1) is 5.82 Å². The van der Waals surface area contributed by atoms with Crippen LogP contribution in [-0.2, 0) is 9.59 Å². The summed E-state index contributed by atoms with van der Waals surface area (Å²) in [5.41, 5.74) is 2.49. The van der Waals surface area contributed by atoms with Crippen LogP contribution < -0.4 is 10.6 Å². The summed E-state index contributed by atoms with van der Waals surface area (Å²) in [7, 11) is 0. The molecule has 0 saturated carbocycles. The maximum atomic E-state index is 13.5. The van der Waals surface area contributed by atoms with Gasteiger partial charge in [-0.1, -0.05) is 0 Å². The minimum atomic E-state index is -0.334. The molecule has 190 valence electrons. The molecule has 0 aliphatic carbocycles. The van der Waals surface area contributed by atoms with Crippen molar-refractivity contribution in [2.45, 2.75) is 45.6 Å². The molecule has 1 aliphatic rings. The molecule has 3 heterocycles. The number of halogens is 1. The third-order valence-corrected chi connectivity index (χ3v) is 7.23. The number of aromatic nitrogens is 3. The van der Waals surface area contributed by atoms with Gasteiger partial charge in [0.05, 0.1) is 28.3 Å². The predicted molar refractivity (Wildman–Crippen MR) is 135 cm³/mol. The first-order valence-electron chi connectivity index (χ1n) is 11.9. The van der Waals surface area contributed by atoms with Gasteiger partial charge in [-0.3, -0.25) is 19.5 Å². The summed E-state index contributed by atoms with van der Waals surface area (Å²) in [6.45, 7) is 6.26. The third kappa shape index (κ3) is 5.78. The number of benzene rings is 1. The molecular formula is C25H29FN6O3S. The molecule has 0 radical (unpaired) electrons. The summed E-state index contributed by atoms with van der Waals surface area (Å²) < 4.78 is 13.5. The van der Waals surface area contributed by atoms with Crippen LogP contribution in [0.25, 0.3) is 21.7 Å². The number of aromatic amines is 1. The average molecular weight is 513 g/mol. The zero-order valence-corrected chi connectivity index (χ0v) is 21.2. The van der Waals surface area contributed by atoms with Crippen molar-refractivity contribution in [2.24, 2.45) is 0 Å². The second kappa shape index (κ2) is 11.0. The number of rotatable bonds is 7. The van der Waals surface area contributed by atoms with Crippen LogP contribution >= 0.6 is 11.3 Å². The van der Waals surface area contributed by atoms with Gasteiger partial charge in [0.15, 0.2) is 0 Å². The van der Waals surface area contributed by atoms with Crippen LogP contribution in [-0.4, -0.2) is 63.5 Å². The average Bonchev–Trinajstić information content (AvgIpc) is 3.50. The Morgan fingerprint density at radius 2 is 1.89 bits per heavy atom. The van der Waals surface area contributed by atoms with Gasteiger partial charge in [-0.15, -0.1) is 11.3 Å². The molecular weight excluding hydrogens is 483 g/mol. The summed E-state index contributed by atoms with van der Waals surface area (Å²) in [5, 5.41) is 13.5. The smallest absolute Gasteiger partial charge is 0.271 e. The van der Waals surface area contributed by atoms with Gasteiger partial charge in [0.1, 0.15) is 11.5 Å². The Kier molecular flexibility index (Phi) is 7.78. The van der Waals surface area contributed by atoms with E-state index in [-0.39, 0.29) is 42.0 Å². The molecule has 3 aromatic rings. The van der Waals surface area contributed by atoms with Crippen molar-refractivity contribution in [1.82, 2.24) is 30.7 Å². The molecule has 1 fully saturated rings. The van der Waals surface area contributed by atoms with Crippen LogP contribution in [0.15, 0.2) is 30.5 Å². The molecule has 4 rings (SSSR count). The lowest BCUT2D eigenvalue weighted by atomic mass is 9.97. The number of amides is 3. The zero-order chi connectivity index (χ0) is 25.8. The Balaban J connectivity index is 1.60. The normalized spacial score (nSPS) is 14.2. The number of nitrogens with one attached hydrogen (secondary N) is 3. The summed E-state index contributed by atoms with van der Waals surface area (Å²) in [4.78, 5) is 43.8. The number of likely N-dealkylation sites (tertiary alicyclic amines) is 1.